The molecule has 0 atom stereocenters. The van der Waals surface area contributed by atoms with E-state index in [-0.39, 0.29) is 5.69 Å². The summed E-state index contributed by atoms with van der Waals surface area (Å²) in [6.45, 7) is 1.99. The lowest BCUT2D eigenvalue weighted by Crippen LogP contribution is -2.35. The van der Waals surface area contributed by atoms with E-state index in [0.29, 0.717) is 11.8 Å². The number of nitro benzene ring substituents is 1. The van der Waals surface area contributed by atoms with Gasteiger partial charge in [0.05, 0.1) is 23.8 Å². The zero-order valence-corrected chi connectivity index (χ0v) is 10.3. The van der Waals surface area contributed by atoms with E-state index in [2.05, 4.69) is 10.6 Å². The lowest BCUT2D eigenvalue weighted by Gasteiger charge is -2.25. The van der Waals surface area contributed by atoms with Crippen molar-refractivity contribution in [3.05, 3.63) is 28.3 Å². The molecule has 1 aliphatic heterocycles. The highest BCUT2D eigenvalue weighted by molar-refractivity contribution is 5.61. The molecule has 2 rings (SSSR count). The fraction of sp³-hybridized carbons (Fsp3) is 0.500. The Balaban J connectivity index is 2.13. The van der Waals surface area contributed by atoms with Gasteiger partial charge in [-0.1, -0.05) is 0 Å². The molecule has 18 heavy (non-hydrogen) atoms. The van der Waals surface area contributed by atoms with Crippen molar-refractivity contribution in [1.29, 1.82) is 0 Å². The number of nitrogens with one attached hydrogen (secondary N) is 2. The number of hydrogen-bond acceptors (Lipinski definition) is 5. The van der Waals surface area contributed by atoms with Crippen molar-refractivity contribution >= 4 is 11.4 Å². The largest absolute Gasteiger partial charge is 0.494 e. The van der Waals surface area contributed by atoms with Gasteiger partial charge in [0, 0.05) is 12.1 Å². The van der Waals surface area contributed by atoms with Crippen molar-refractivity contribution < 1.29 is 9.66 Å². The third-order valence-corrected chi connectivity index (χ3v) is 3.09. The number of methoxy groups -OCH3 is 1. The van der Waals surface area contributed by atoms with Gasteiger partial charge in [-0.05, 0) is 32.0 Å². The van der Waals surface area contributed by atoms with Crippen LogP contribution in [0.5, 0.6) is 5.75 Å². The highest BCUT2D eigenvalue weighted by Crippen LogP contribution is 2.30. The third-order valence-electron chi connectivity index (χ3n) is 3.09. The van der Waals surface area contributed by atoms with Crippen molar-refractivity contribution in [1.82, 2.24) is 5.32 Å². The zero-order chi connectivity index (χ0) is 13.0. The molecule has 6 heteroatoms. The minimum atomic E-state index is -0.420. The predicted octanol–water partition coefficient (Wildman–Crippen LogP) is 1.77. The number of benzene rings is 1. The molecular formula is C12H17N3O3. The minimum Gasteiger partial charge on any atom is -0.494 e. The number of ether oxygens (including phenoxy) is 1. The highest BCUT2D eigenvalue weighted by Gasteiger charge is 2.16. The summed E-state index contributed by atoms with van der Waals surface area (Å²) in [4.78, 5) is 10.3. The first-order chi connectivity index (χ1) is 8.70. The fourth-order valence-electron chi connectivity index (χ4n) is 2.10. The minimum absolute atomic E-state index is 0.0442. The van der Waals surface area contributed by atoms with Crippen LogP contribution in [-0.4, -0.2) is 31.2 Å². The Morgan fingerprint density at radius 3 is 2.78 bits per heavy atom. The zero-order valence-electron chi connectivity index (χ0n) is 10.3. The van der Waals surface area contributed by atoms with Crippen molar-refractivity contribution in [3.63, 3.8) is 0 Å². The van der Waals surface area contributed by atoms with Gasteiger partial charge in [0.2, 0.25) is 0 Å². The van der Waals surface area contributed by atoms with E-state index in [1.807, 2.05) is 0 Å². The van der Waals surface area contributed by atoms with Gasteiger partial charge in [-0.2, -0.15) is 0 Å². The summed E-state index contributed by atoms with van der Waals surface area (Å²) in [5, 5.41) is 17.4. The first kappa shape index (κ1) is 12.6. The molecule has 0 unspecified atom stereocenters. The van der Waals surface area contributed by atoms with Crippen molar-refractivity contribution in [3.8, 4) is 5.75 Å². The predicted molar refractivity (Wildman–Crippen MR) is 69.2 cm³/mol. The Bertz CT molecular complexity index is 431. The molecule has 0 spiro atoms. The summed E-state index contributed by atoms with van der Waals surface area (Å²) in [7, 11) is 1.52. The Morgan fingerprint density at radius 2 is 2.17 bits per heavy atom. The van der Waals surface area contributed by atoms with Crippen LogP contribution >= 0.6 is 0 Å². The molecule has 0 bridgehead atoms. The molecule has 1 saturated heterocycles. The second kappa shape index (κ2) is 5.68. The molecule has 6 nitrogen and oxygen atoms in total. The average Bonchev–Trinajstić information content (AvgIpc) is 2.40. The molecule has 0 aromatic heterocycles. The lowest BCUT2D eigenvalue weighted by atomic mass is 10.1. The molecule has 1 aliphatic rings. The number of nitro groups is 1. The molecule has 0 saturated carbocycles. The van der Waals surface area contributed by atoms with Crippen LogP contribution in [0, 0.1) is 10.1 Å². The molecule has 0 aliphatic carbocycles. The normalized spacial score (nSPS) is 16.3. The second-order valence-corrected chi connectivity index (χ2v) is 4.31. The number of piperidine rings is 1. The summed E-state index contributed by atoms with van der Waals surface area (Å²) in [5.74, 6) is 0.516. The van der Waals surface area contributed by atoms with Gasteiger partial charge < -0.3 is 15.4 Å². The number of rotatable bonds is 4. The molecule has 1 aromatic rings. The summed E-state index contributed by atoms with van der Waals surface area (Å²) < 4.78 is 5.20. The van der Waals surface area contributed by atoms with Gasteiger partial charge in [-0.3, -0.25) is 10.1 Å². The average molecular weight is 251 g/mol. The van der Waals surface area contributed by atoms with E-state index in [1.54, 1.807) is 6.07 Å². The molecule has 1 fully saturated rings. The number of hydrogen-bond donors (Lipinski definition) is 2. The topological polar surface area (TPSA) is 76.4 Å². The lowest BCUT2D eigenvalue weighted by molar-refractivity contribution is -0.384. The van der Waals surface area contributed by atoms with Crippen LogP contribution in [-0.2, 0) is 0 Å². The Hall–Kier alpha value is -1.82. The van der Waals surface area contributed by atoms with Gasteiger partial charge in [0.15, 0.2) is 0 Å². The summed E-state index contributed by atoms with van der Waals surface area (Å²) >= 11 is 0. The van der Waals surface area contributed by atoms with E-state index in [9.17, 15) is 10.1 Å². The first-order valence-electron chi connectivity index (χ1n) is 6.00. The van der Waals surface area contributed by atoms with E-state index >= 15 is 0 Å². The van der Waals surface area contributed by atoms with E-state index < -0.39 is 4.92 Å². The highest BCUT2D eigenvalue weighted by atomic mass is 16.6. The monoisotopic (exact) mass is 251 g/mol. The van der Waals surface area contributed by atoms with Crippen LogP contribution in [0.3, 0.4) is 0 Å². The van der Waals surface area contributed by atoms with E-state index in [1.165, 1.54) is 19.2 Å². The maximum absolute atomic E-state index is 10.7. The summed E-state index contributed by atoms with van der Waals surface area (Å²) in [5.41, 5.74) is 0.859. The van der Waals surface area contributed by atoms with Gasteiger partial charge >= 0.3 is 0 Å². The van der Waals surface area contributed by atoms with Crippen LogP contribution in [0.1, 0.15) is 12.8 Å². The van der Waals surface area contributed by atoms with Gasteiger partial charge in [-0.25, -0.2) is 0 Å². The third kappa shape index (κ3) is 2.89. The smallest absolute Gasteiger partial charge is 0.273 e. The molecule has 0 radical (unpaired) electrons. The molecule has 1 aromatic carbocycles. The van der Waals surface area contributed by atoms with Gasteiger partial charge in [-0.15, -0.1) is 0 Å². The standard InChI is InChI=1S/C12H17N3O3/c1-18-12-8-10(15(16)17)2-3-11(12)14-9-4-6-13-7-5-9/h2-3,8-9,13-14H,4-7H2,1H3. The SMILES string of the molecule is COc1cc([N+](=O)[O-])ccc1NC1CCNCC1. The molecule has 2 N–H and O–H groups in total. The van der Waals surface area contributed by atoms with Crippen molar-refractivity contribution in [2.75, 3.05) is 25.5 Å². The van der Waals surface area contributed by atoms with E-state index in [0.717, 1.165) is 31.6 Å². The Morgan fingerprint density at radius 1 is 1.44 bits per heavy atom. The van der Waals surface area contributed by atoms with Crippen molar-refractivity contribution in [2.24, 2.45) is 0 Å². The van der Waals surface area contributed by atoms with Crippen LogP contribution in [0.4, 0.5) is 11.4 Å². The van der Waals surface area contributed by atoms with Crippen LogP contribution in [0.15, 0.2) is 18.2 Å². The Kier molecular flexibility index (Phi) is 3.99. The first-order valence-corrected chi connectivity index (χ1v) is 6.00. The maximum Gasteiger partial charge on any atom is 0.273 e. The molecular weight excluding hydrogens is 234 g/mol. The fourth-order valence-corrected chi connectivity index (χ4v) is 2.10. The number of nitrogens with zero attached hydrogens (tertiary/aromatic N) is 1. The van der Waals surface area contributed by atoms with Gasteiger partial charge in [0.1, 0.15) is 5.75 Å². The van der Waals surface area contributed by atoms with Gasteiger partial charge in [0.25, 0.3) is 5.69 Å². The molecule has 0 amide bonds. The quantitative estimate of drug-likeness (QED) is 0.630. The molecule has 1 heterocycles. The number of anilines is 1. The Labute approximate surface area is 105 Å². The van der Waals surface area contributed by atoms with Crippen molar-refractivity contribution in [2.45, 2.75) is 18.9 Å². The van der Waals surface area contributed by atoms with Crippen LogP contribution < -0.4 is 15.4 Å². The van der Waals surface area contributed by atoms with Crippen LogP contribution in [0.25, 0.3) is 0 Å². The summed E-state index contributed by atoms with van der Waals surface area (Å²) in [6.07, 6.45) is 2.08. The molecule has 98 valence electrons. The number of non-ortho nitro benzene ring substituents is 1. The second-order valence-electron chi connectivity index (χ2n) is 4.31. The summed E-state index contributed by atoms with van der Waals surface area (Å²) in [6, 6.07) is 5.04. The maximum atomic E-state index is 10.7. The van der Waals surface area contributed by atoms with E-state index in [4.69, 9.17) is 4.74 Å². The van der Waals surface area contributed by atoms with Crippen LogP contribution in [0.2, 0.25) is 0 Å².